The molecule has 4 heteroatoms. The average Bonchev–Trinajstić information content (AvgIpc) is 2.94. The Balaban J connectivity index is 1.59. The first-order valence-corrected chi connectivity index (χ1v) is 8.45. The lowest BCUT2D eigenvalue weighted by Crippen LogP contribution is -2.28. The van der Waals surface area contributed by atoms with E-state index in [9.17, 15) is 4.79 Å². The first-order valence-electron chi connectivity index (χ1n) is 8.45. The maximum absolute atomic E-state index is 12.7. The molecular formula is C20H21N3O. The largest absolute Gasteiger partial charge is 0.326 e. The van der Waals surface area contributed by atoms with Crippen molar-refractivity contribution in [1.29, 1.82) is 0 Å². The van der Waals surface area contributed by atoms with Crippen LogP contribution in [0.1, 0.15) is 28.9 Å². The first kappa shape index (κ1) is 14.9. The van der Waals surface area contributed by atoms with E-state index < -0.39 is 0 Å². The predicted molar refractivity (Wildman–Crippen MR) is 95.3 cm³/mol. The third-order valence-electron chi connectivity index (χ3n) is 4.89. The number of hydrogen-bond donors (Lipinski definition) is 1. The zero-order valence-corrected chi connectivity index (χ0v) is 14.0. The Kier molecular flexibility index (Phi) is 3.60. The van der Waals surface area contributed by atoms with Gasteiger partial charge in [0.25, 0.3) is 0 Å². The molecule has 0 aliphatic heterocycles. The third-order valence-corrected chi connectivity index (χ3v) is 4.89. The number of imidazole rings is 1. The maximum atomic E-state index is 12.7. The van der Waals surface area contributed by atoms with Gasteiger partial charge in [0.05, 0.1) is 5.69 Å². The third kappa shape index (κ3) is 2.58. The number of carbonyl (C=O) groups is 1. The van der Waals surface area contributed by atoms with Crippen LogP contribution < -0.4 is 5.32 Å². The molecule has 1 aliphatic rings. The van der Waals surface area contributed by atoms with Crippen molar-refractivity contribution in [3.63, 3.8) is 0 Å². The smallest absolute Gasteiger partial charge is 0.227 e. The quantitative estimate of drug-likeness (QED) is 0.783. The molecule has 0 saturated carbocycles. The van der Waals surface area contributed by atoms with E-state index in [0.29, 0.717) is 0 Å². The number of pyridine rings is 1. The van der Waals surface area contributed by atoms with Gasteiger partial charge in [0.15, 0.2) is 0 Å². The van der Waals surface area contributed by atoms with Gasteiger partial charge >= 0.3 is 0 Å². The number of amides is 1. The SMILES string of the molecule is Cc1ccc2nc3c(n2c1)CC(C(=O)Nc1ccccc1C)CC3. The minimum atomic E-state index is -0.00230. The van der Waals surface area contributed by atoms with Gasteiger partial charge in [-0.05, 0) is 49.9 Å². The number of rotatable bonds is 2. The minimum Gasteiger partial charge on any atom is -0.326 e. The van der Waals surface area contributed by atoms with Crippen LogP contribution in [-0.2, 0) is 17.6 Å². The highest BCUT2D eigenvalue weighted by atomic mass is 16.1. The normalized spacial score (nSPS) is 16.8. The van der Waals surface area contributed by atoms with Gasteiger partial charge in [-0.15, -0.1) is 0 Å². The maximum Gasteiger partial charge on any atom is 0.227 e. The van der Waals surface area contributed by atoms with Crippen LogP contribution >= 0.6 is 0 Å². The molecule has 0 fully saturated rings. The molecule has 2 heterocycles. The molecule has 0 bridgehead atoms. The average molecular weight is 319 g/mol. The Morgan fingerprint density at radius 2 is 2.04 bits per heavy atom. The highest BCUT2D eigenvalue weighted by molar-refractivity contribution is 5.93. The van der Waals surface area contributed by atoms with Gasteiger partial charge < -0.3 is 9.72 Å². The molecule has 1 amide bonds. The highest BCUT2D eigenvalue weighted by Gasteiger charge is 2.28. The molecule has 24 heavy (non-hydrogen) atoms. The van der Waals surface area contributed by atoms with E-state index in [2.05, 4.69) is 35.0 Å². The van der Waals surface area contributed by atoms with E-state index in [-0.39, 0.29) is 11.8 Å². The molecule has 1 N–H and O–H groups in total. The molecule has 0 saturated heterocycles. The van der Waals surface area contributed by atoms with Gasteiger partial charge in [-0.3, -0.25) is 4.79 Å². The van der Waals surface area contributed by atoms with Crippen LogP contribution in [0.15, 0.2) is 42.6 Å². The van der Waals surface area contributed by atoms with Gasteiger partial charge in [0.1, 0.15) is 5.65 Å². The van der Waals surface area contributed by atoms with Crippen LogP contribution in [0.5, 0.6) is 0 Å². The fourth-order valence-corrected chi connectivity index (χ4v) is 3.48. The van der Waals surface area contributed by atoms with Crippen LogP contribution in [0.4, 0.5) is 5.69 Å². The van der Waals surface area contributed by atoms with Crippen LogP contribution in [0.25, 0.3) is 5.65 Å². The molecule has 1 atom stereocenters. The minimum absolute atomic E-state index is 0.00230. The van der Waals surface area contributed by atoms with Crippen LogP contribution in [0.3, 0.4) is 0 Å². The highest BCUT2D eigenvalue weighted by Crippen LogP contribution is 2.28. The Morgan fingerprint density at radius 3 is 2.88 bits per heavy atom. The topological polar surface area (TPSA) is 46.4 Å². The van der Waals surface area contributed by atoms with E-state index in [1.54, 1.807) is 0 Å². The summed E-state index contributed by atoms with van der Waals surface area (Å²) in [7, 11) is 0. The summed E-state index contributed by atoms with van der Waals surface area (Å²) in [5.74, 6) is 0.107. The molecule has 1 aliphatic carbocycles. The number of benzene rings is 1. The number of carbonyl (C=O) groups excluding carboxylic acids is 1. The lowest BCUT2D eigenvalue weighted by Gasteiger charge is -2.22. The summed E-state index contributed by atoms with van der Waals surface area (Å²) in [6.07, 6.45) is 4.58. The van der Waals surface area contributed by atoms with Gasteiger partial charge in [-0.1, -0.05) is 24.3 Å². The van der Waals surface area contributed by atoms with Gasteiger partial charge in [0.2, 0.25) is 5.91 Å². The Labute approximate surface area is 141 Å². The van der Waals surface area contributed by atoms with Crippen LogP contribution in [0.2, 0.25) is 0 Å². The fourth-order valence-electron chi connectivity index (χ4n) is 3.48. The number of aromatic nitrogens is 2. The van der Waals surface area contributed by atoms with Gasteiger partial charge in [-0.2, -0.15) is 0 Å². The monoisotopic (exact) mass is 319 g/mol. The lowest BCUT2D eigenvalue weighted by atomic mass is 9.89. The first-order chi connectivity index (χ1) is 11.6. The van der Waals surface area contributed by atoms with Crippen molar-refractivity contribution in [2.45, 2.75) is 33.1 Å². The van der Waals surface area contributed by atoms with E-state index >= 15 is 0 Å². The molecular weight excluding hydrogens is 298 g/mol. The standard InChI is InChI=1S/C20H21N3O/c1-13-7-10-19-21-17-9-8-15(11-18(17)23(19)12-13)20(24)22-16-6-4-3-5-14(16)2/h3-7,10,12,15H,8-9,11H2,1-2H3,(H,22,24). The van der Waals surface area contributed by atoms with Crippen molar-refractivity contribution in [2.75, 3.05) is 5.32 Å². The van der Waals surface area contributed by atoms with Crippen molar-refractivity contribution < 1.29 is 4.79 Å². The van der Waals surface area contributed by atoms with Crippen molar-refractivity contribution in [2.24, 2.45) is 5.92 Å². The molecule has 4 rings (SSSR count). The zero-order chi connectivity index (χ0) is 16.7. The fraction of sp³-hybridized carbons (Fsp3) is 0.300. The molecule has 2 aromatic heterocycles. The molecule has 122 valence electrons. The summed E-state index contributed by atoms with van der Waals surface area (Å²) in [5.41, 5.74) is 6.50. The zero-order valence-electron chi connectivity index (χ0n) is 14.0. The molecule has 0 radical (unpaired) electrons. The number of aryl methyl sites for hydroxylation is 3. The summed E-state index contributed by atoms with van der Waals surface area (Å²) < 4.78 is 2.15. The molecule has 1 aromatic carbocycles. The van der Waals surface area contributed by atoms with Crippen LogP contribution in [-0.4, -0.2) is 15.3 Å². The van der Waals surface area contributed by atoms with E-state index in [1.165, 1.54) is 11.3 Å². The lowest BCUT2D eigenvalue weighted by molar-refractivity contribution is -0.120. The van der Waals surface area contributed by atoms with Gasteiger partial charge in [0, 0.05) is 29.9 Å². The predicted octanol–water partition coefficient (Wildman–Crippen LogP) is 3.69. The van der Waals surface area contributed by atoms with Crippen molar-refractivity contribution in [3.8, 4) is 0 Å². The van der Waals surface area contributed by atoms with E-state index in [0.717, 1.165) is 41.9 Å². The number of fused-ring (bicyclic) bond motifs is 3. The second-order valence-corrected chi connectivity index (χ2v) is 6.68. The Morgan fingerprint density at radius 1 is 1.21 bits per heavy atom. The number of nitrogens with zero attached hydrogens (tertiary/aromatic N) is 2. The van der Waals surface area contributed by atoms with Gasteiger partial charge in [-0.25, -0.2) is 4.98 Å². The Hall–Kier alpha value is -2.62. The molecule has 0 spiro atoms. The summed E-state index contributed by atoms with van der Waals surface area (Å²) in [6, 6.07) is 12.0. The van der Waals surface area contributed by atoms with Crippen molar-refractivity contribution in [1.82, 2.24) is 9.38 Å². The van der Waals surface area contributed by atoms with Crippen molar-refractivity contribution in [3.05, 3.63) is 65.1 Å². The molecule has 4 nitrogen and oxygen atoms in total. The summed E-state index contributed by atoms with van der Waals surface area (Å²) in [5, 5.41) is 3.09. The van der Waals surface area contributed by atoms with E-state index in [4.69, 9.17) is 4.98 Å². The number of nitrogens with one attached hydrogen (secondary N) is 1. The summed E-state index contributed by atoms with van der Waals surface area (Å²) in [6.45, 7) is 4.10. The second kappa shape index (κ2) is 5.78. The summed E-state index contributed by atoms with van der Waals surface area (Å²) >= 11 is 0. The number of para-hydroxylation sites is 1. The number of hydrogen-bond acceptors (Lipinski definition) is 2. The second-order valence-electron chi connectivity index (χ2n) is 6.68. The van der Waals surface area contributed by atoms with Crippen LogP contribution in [0, 0.1) is 19.8 Å². The van der Waals surface area contributed by atoms with Crippen molar-refractivity contribution >= 4 is 17.2 Å². The molecule has 1 unspecified atom stereocenters. The number of anilines is 1. The molecule has 3 aromatic rings. The Bertz CT molecular complexity index is 926. The summed E-state index contributed by atoms with van der Waals surface area (Å²) in [4.78, 5) is 17.4. The van der Waals surface area contributed by atoms with E-state index in [1.807, 2.05) is 31.2 Å².